The fourth-order valence-corrected chi connectivity index (χ4v) is 3.96. The third-order valence-electron chi connectivity index (χ3n) is 3.96. The molecule has 1 aromatic carbocycles. The number of hydrogen-bond acceptors (Lipinski definition) is 2. The average molecular weight is 292 g/mol. The van der Waals surface area contributed by atoms with E-state index >= 15 is 0 Å². The molecule has 1 aliphatic heterocycles. The molecule has 0 N–H and O–H groups in total. The lowest BCUT2D eigenvalue weighted by molar-refractivity contribution is -0.106. The van der Waals surface area contributed by atoms with Gasteiger partial charge in [-0.15, -0.1) is 0 Å². The minimum Gasteiger partial charge on any atom is -0.375 e. The van der Waals surface area contributed by atoms with Gasteiger partial charge in [-0.1, -0.05) is 49.1 Å². The molecule has 0 spiro atoms. The Morgan fingerprint density at radius 3 is 2.10 bits per heavy atom. The third-order valence-corrected chi connectivity index (χ3v) is 6.03. The lowest BCUT2D eigenvalue weighted by atomic mass is 10.0. The summed E-state index contributed by atoms with van der Waals surface area (Å²) in [6.45, 7) is 12.1. The van der Waals surface area contributed by atoms with E-state index in [1.807, 2.05) is 0 Å². The van der Waals surface area contributed by atoms with Crippen molar-refractivity contribution in [3.8, 4) is 0 Å². The first-order valence-corrected chi connectivity index (χ1v) is 11.2. The van der Waals surface area contributed by atoms with Gasteiger partial charge in [-0.05, 0) is 32.3 Å². The SMILES string of the molecule is CC1CC(OCc2ccc([Si](C)(C)C)cc2)CC(C)O1. The van der Waals surface area contributed by atoms with Crippen molar-refractivity contribution in [2.45, 2.75) is 71.2 Å². The van der Waals surface area contributed by atoms with Gasteiger partial charge in [-0.3, -0.25) is 0 Å². The van der Waals surface area contributed by atoms with Crippen LogP contribution in [0.2, 0.25) is 19.6 Å². The maximum absolute atomic E-state index is 6.07. The second-order valence-corrected chi connectivity index (χ2v) is 12.2. The van der Waals surface area contributed by atoms with Crippen molar-refractivity contribution in [2.75, 3.05) is 0 Å². The minimum atomic E-state index is -1.19. The van der Waals surface area contributed by atoms with E-state index in [-0.39, 0.29) is 0 Å². The van der Waals surface area contributed by atoms with Crippen LogP contribution in [0.3, 0.4) is 0 Å². The zero-order valence-corrected chi connectivity index (χ0v) is 14.5. The van der Waals surface area contributed by atoms with E-state index in [2.05, 4.69) is 57.8 Å². The summed E-state index contributed by atoms with van der Waals surface area (Å²) in [5, 5.41) is 1.51. The summed E-state index contributed by atoms with van der Waals surface area (Å²) in [4.78, 5) is 0. The number of ether oxygens (including phenoxy) is 2. The highest BCUT2D eigenvalue weighted by Gasteiger charge is 2.24. The first kappa shape index (κ1) is 15.7. The van der Waals surface area contributed by atoms with Gasteiger partial charge in [0, 0.05) is 0 Å². The highest BCUT2D eigenvalue weighted by molar-refractivity contribution is 6.88. The molecule has 1 saturated heterocycles. The van der Waals surface area contributed by atoms with Crippen molar-refractivity contribution in [3.63, 3.8) is 0 Å². The fourth-order valence-electron chi connectivity index (χ4n) is 2.80. The minimum absolute atomic E-state index is 0.318. The number of benzene rings is 1. The van der Waals surface area contributed by atoms with Crippen LogP contribution in [-0.2, 0) is 16.1 Å². The topological polar surface area (TPSA) is 18.5 Å². The van der Waals surface area contributed by atoms with Crippen molar-refractivity contribution < 1.29 is 9.47 Å². The van der Waals surface area contributed by atoms with Gasteiger partial charge in [-0.2, -0.15) is 0 Å². The van der Waals surface area contributed by atoms with Crippen molar-refractivity contribution in [1.29, 1.82) is 0 Å². The molecule has 1 aromatic rings. The molecule has 1 aliphatic rings. The maximum Gasteiger partial charge on any atom is 0.0775 e. The zero-order valence-electron chi connectivity index (χ0n) is 13.5. The van der Waals surface area contributed by atoms with E-state index in [1.54, 1.807) is 0 Å². The number of rotatable bonds is 4. The summed E-state index contributed by atoms with van der Waals surface area (Å²) in [6, 6.07) is 9.00. The summed E-state index contributed by atoms with van der Waals surface area (Å²) in [5.41, 5.74) is 1.28. The van der Waals surface area contributed by atoms with E-state index in [4.69, 9.17) is 9.47 Å². The molecule has 2 unspecified atom stereocenters. The van der Waals surface area contributed by atoms with Gasteiger partial charge in [0.1, 0.15) is 0 Å². The van der Waals surface area contributed by atoms with Crippen LogP contribution in [0.4, 0.5) is 0 Å². The molecule has 0 radical (unpaired) electrons. The maximum atomic E-state index is 6.07. The number of hydrogen-bond donors (Lipinski definition) is 0. The predicted octanol–water partition coefficient (Wildman–Crippen LogP) is 3.70. The van der Waals surface area contributed by atoms with Crippen molar-refractivity contribution in [1.82, 2.24) is 0 Å². The van der Waals surface area contributed by atoms with E-state index in [0.29, 0.717) is 18.3 Å². The fraction of sp³-hybridized carbons (Fsp3) is 0.647. The van der Waals surface area contributed by atoms with E-state index < -0.39 is 8.07 Å². The van der Waals surface area contributed by atoms with Crippen LogP contribution in [0.15, 0.2) is 24.3 Å². The second-order valence-electron chi connectivity index (χ2n) is 7.11. The van der Waals surface area contributed by atoms with Gasteiger partial charge >= 0.3 is 0 Å². The van der Waals surface area contributed by atoms with Crippen LogP contribution < -0.4 is 5.19 Å². The summed E-state index contributed by atoms with van der Waals surface area (Å²) < 4.78 is 11.8. The Morgan fingerprint density at radius 1 is 1.05 bits per heavy atom. The van der Waals surface area contributed by atoms with Gasteiger partial charge in [0.05, 0.1) is 33.0 Å². The molecule has 3 heteroatoms. The Labute approximate surface area is 124 Å². The molecule has 2 rings (SSSR count). The monoisotopic (exact) mass is 292 g/mol. The van der Waals surface area contributed by atoms with Gasteiger partial charge in [0.25, 0.3) is 0 Å². The predicted molar refractivity (Wildman–Crippen MR) is 87.2 cm³/mol. The van der Waals surface area contributed by atoms with Crippen molar-refractivity contribution in [2.24, 2.45) is 0 Å². The lowest BCUT2D eigenvalue weighted by Gasteiger charge is -2.32. The van der Waals surface area contributed by atoms with Crippen LogP contribution in [0.5, 0.6) is 0 Å². The molecule has 2 nitrogen and oxygen atoms in total. The zero-order chi connectivity index (χ0) is 14.8. The van der Waals surface area contributed by atoms with Crippen LogP contribution in [0, 0.1) is 0 Å². The summed E-state index contributed by atoms with van der Waals surface area (Å²) in [7, 11) is -1.19. The van der Waals surface area contributed by atoms with Crippen LogP contribution >= 0.6 is 0 Å². The van der Waals surface area contributed by atoms with Crippen LogP contribution in [-0.4, -0.2) is 26.4 Å². The average Bonchev–Trinajstić information content (AvgIpc) is 2.35. The van der Waals surface area contributed by atoms with Gasteiger partial charge in [-0.25, -0.2) is 0 Å². The molecule has 1 fully saturated rings. The molecular formula is C17H28O2Si. The lowest BCUT2D eigenvalue weighted by Crippen LogP contribution is -2.37. The molecule has 112 valence electrons. The molecule has 0 amide bonds. The first-order valence-electron chi connectivity index (χ1n) is 7.71. The van der Waals surface area contributed by atoms with E-state index in [1.165, 1.54) is 10.8 Å². The molecule has 0 aliphatic carbocycles. The molecule has 1 heterocycles. The third kappa shape index (κ3) is 4.44. The Balaban J connectivity index is 1.88. The smallest absolute Gasteiger partial charge is 0.0775 e. The Kier molecular flexibility index (Phi) is 5.05. The second kappa shape index (κ2) is 6.42. The van der Waals surface area contributed by atoms with E-state index in [0.717, 1.165) is 19.4 Å². The normalized spacial score (nSPS) is 27.6. The molecule has 0 aromatic heterocycles. The van der Waals surface area contributed by atoms with Gasteiger partial charge < -0.3 is 9.47 Å². The van der Waals surface area contributed by atoms with Crippen molar-refractivity contribution in [3.05, 3.63) is 29.8 Å². The first-order chi connectivity index (χ1) is 9.34. The van der Waals surface area contributed by atoms with Crippen LogP contribution in [0.25, 0.3) is 0 Å². The molecule has 2 atom stereocenters. The highest BCUT2D eigenvalue weighted by atomic mass is 28.3. The Bertz CT molecular complexity index is 412. The highest BCUT2D eigenvalue weighted by Crippen LogP contribution is 2.22. The quantitative estimate of drug-likeness (QED) is 0.788. The largest absolute Gasteiger partial charge is 0.375 e. The Morgan fingerprint density at radius 2 is 1.60 bits per heavy atom. The van der Waals surface area contributed by atoms with Crippen molar-refractivity contribution >= 4 is 13.3 Å². The molecule has 0 bridgehead atoms. The summed E-state index contributed by atoms with van der Waals surface area (Å²) >= 11 is 0. The van der Waals surface area contributed by atoms with E-state index in [9.17, 15) is 0 Å². The van der Waals surface area contributed by atoms with Gasteiger partial charge in [0.2, 0.25) is 0 Å². The molecular weight excluding hydrogens is 264 g/mol. The molecule has 20 heavy (non-hydrogen) atoms. The Hall–Kier alpha value is -0.643. The summed E-state index contributed by atoms with van der Waals surface area (Å²) in [6.07, 6.45) is 3.00. The van der Waals surface area contributed by atoms with Crippen LogP contribution in [0.1, 0.15) is 32.3 Å². The summed E-state index contributed by atoms with van der Waals surface area (Å²) in [5.74, 6) is 0. The molecule has 0 saturated carbocycles. The van der Waals surface area contributed by atoms with Gasteiger partial charge in [0.15, 0.2) is 0 Å². The standard InChI is InChI=1S/C17H28O2Si/c1-13-10-16(11-14(2)19-13)18-12-15-6-8-17(9-7-15)20(3,4)5/h6-9,13-14,16H,10-12H2,1-5H3.